The maximum atomic E-state index is 12.5. The van der Waals surface area contributed by atoms with Crippen molar-refractivity contribution in [1.29, 1.82) is 0 Å². The van der Waals surface area contributed by atoms with Gasteiger partial charge in [-0.1, -0.05) is 43.3 Å². The van der Waals surface area contributed by atoms with Crippen LogP contribution in [0.4, 0.5) is 0 Å². The number of aryl methyl sites for hydroxylation is 3. The zero-order valence-electron chi connectivity index (χ0n) is 30.6. The number of hydrogen-bond donors (Lipinski definition) is 1. The monoisotopic (exact) mass is 696 g/mol. The van der Waals surface area contributed by atoms with Gasteiger partial charge in [-0.3, -0.25) is 19.2 Å². The average molecular weight is 697 g/mol. The molecule has 0 unspecified atom stereocenters. The number of carbonyl (C=O) groups is 4. The van der Waals surface area contributed by atoms with E-state index in [1.807, 2.05) is 45.0 Å². The van der Waals surface area contributed by atoms with Crippen LogP contribution in [0.3, 0.4) is 0 Å². The van der Waals surface area contributed by atoms with Crippen molar-refractivity contribution in [1.82, 2.24) is 10.5 Å². The molecule has 1 N–H and O–H groups in total. The maximum absolute atomic E-state index is 12.5. The molecule has 270 valence electrons. The SMILES string of the molecule is CC(=O)c1cccc(OCC(=O)NCCCOCCCCOc2ccc(C)c(-c3c(C=O)cc(-c4c(C)noc4C)cc3C(C)C)c2)c1C(C)=O. The number of carbonyl (C=O) groups excluding carboxylic acids is 4. The highest BCUT2D eigenvalue weighted by atomic mass is 16.5. The fraction of sp³-hybridized carbons (Fsp3) is 0.390. The predicted octanol–water partition coefficient (Wildman–Crippen LogP) is 8.04. The number of nitrogens with zero attached hydrogens (tertiary/aromatic N) is 1. The van der Waals surface area contributed by atoms with Crippen molar-refractivity contribution in [3.05, 3.63) is 87.8 Å². The molecule has 0 radical (unpaired) electrons. The van der Waals surface area contributed by atoms with E-state index in [-0.39, 0.29) is 46.9 Å². The third-order valence-electron chi connectivity index (χ3n) is 8.60. The second kappa shape index (κ2) is 18.2. The number of aromatic nitrogens is 1. The molecule has 51 heavy (non-hydrogen) atoms. The number of Topliss-reactive ketones (excluding diaryl/α,β-unsaturated/α-hetero) is 2. The molecule has 0 aliphatic heterocycles. The van der Waals surface area contributed by atoms with E-state index in [0.29, 0.717) is 38.3 Å². The molecule has 1 heterocycles. The standard InChI is InChI=1S/C41H48N2O8/c1-25(2)35-21-31(39-27(4)43-51-30(39)7)20-32(23-44)41(35)36-22-33(15-14-26(36)3)49-19-9-8-17-48-18-11-16-42-38(47)24-50-37-13-10-12-34(28(5)45)40(37)29(6)46/h10,12-15,20-23,25H,8-9,11,16-19,24H2,1-7H3,(H,42,47). The van der Waals surface area contributed by atoms with Gasteiger partial charge in [0, 0.05) is 36.4 Å². The van der Waals surface area contributed by atoms with Crippen LogP contribution in [-0.2, 0) is 9.53 Å². The van der Waals surface area contributed by atoms with Gasteiger partial charge in [-0.15, -0.1) is 0 Å². The smallest absolute Gasteiger partial charge is 0.257 e. The van der Waals surface area contributed by atoms with Crippen molar-refractivity contribution in [2.45, 2.75) is 73.6 Å². The van der Waals surface area contributed by atoms with E-state index in [4.69, 9.17) is 18.7 Å². The summed E-state index contributed by atoms with van der Waals surface area (Å²) in [5.41, 5.74) is 7.69. The minimum atomic E-state index is -0.328. The van der Waals surface area contributed by atoms with Gasteiger partial charge in [-0.25, -0.2) is 0 Å². The Morgan fingerprint density at radius 2 is 1.63 bits per heavy atom. The lowest BCUT2D eigenvalue weighted by molar-refractivity contribution is -0.123. The Morgan fingerprint density at radius 3 is 2.29 bits per heavy atom. The molecule has 0 spiro atoms. The Labute approximate surface area is 299 Å². The molecule has 0 saturated carbocycles. The van der Waals surface area contributed by atoms with E-state index < -0.39 is 0 Å². The molecule has 0 fully saturated rings. The Kier molecular flexibility index (Phi) is 13.8. The summed E-state index contributed by atoms with van der Waals surface area (Å²) in [6.07, 6.45) is 3.16. The Hall–Kier alpha value is -5.09. The fourth-order valence-electron chi connectivity index (χ4n) is 6.05. The first-order valence-corrected chi connectivity index (χ1v) is 17.3. The van der Waals surface area contributed by atoms with Gasteiger partial charge in [-0.05, 0) is 112 Å². The summed E-state index contributed by atoms with van der Waals surface area (Å²) in [7, 11) is 0. The van der Waals surface area contributed by atoms with Gasteiger partial charge >= 0.3 is 0 Å². The first-order chi connectivity index (χ1) is 24.4. The fourth-order valence-corrected chi connectivity index (χ4v) is 6.05. The van der Waals surface area contributed by atoms with E-state index >= 15 is 0 Å². The first kappa shape index (κ1) is 38.7. The molecular weight excluding hydrogens is 648 g/mol. The highest BCUT2D eigenvalue weighted by Gasteiger charge is 2.21. The summed E-state index contributed by atoms with van der Waals surface area (Å²) in [6, 6.07) is 14.8. The summed E-state index contributed by atoms with van der Waals surface area (Å²) in [5, 5.41) is 6.88. The lowest BCUT2D eigenvalue weighted by Gasteiger charge is -2.20. The van der Waals surface area contributed by atoms with Crippen molar-refractivity contribution in [2.24, 2.45) is 0 Å². The molecule has 10 nitrogen and oxygen atoms in total. The molecular formula is C41H48N2O8. The van der Waals surface area contributed by atoms with E-state index in [1.54, 1.807) is 18.2 Å². The van der Waals surface area contributed by atoms with Gasteiger partial charge < -0.3 is 24.1 Å². The van der Waals surface area contributed by atoms with E-state index in [0.717, 1.165) is 69.7 Å². The Morgan fingerprint density at radius 1 is 0.882 bits per heavy atom. The predicted molar refractivity (Wildman–Crippen MR) is 196 cm³/mol. The molecule has 0 atom stereocenters. The topological polar surface area (TPSA) is 134 Å². The van der Waals surface area contributed by atoms with Crippen molar-refractivity contribution >= 4 is 23.8 Å². The number of ether oxygens (including phenoxy) is 3. The maximum Gasteiger partial charge on any atom is 0.257 e. The van der Waals surface area contributed by atoms with Crippen LogP contribution in [-0.4, -0.2) is 61.9 Å². The second-order valence-electron chi connectivity index (χ2n) is 12.9. The number of ketones is 2. The number of nitrogens with one attached hydrogen (secondary N) is 1. The molecule has 0 aliphatic carbocycles. The number of amides is 1. The van der Waals surface area contributed by atoms with Crippen molar-refractivity contribution < 1.29 is 37.9 Å². The third-order valence-corrected chi connectivity index (χ3v) is 8.60. The molecule has 4 rings (SSSR count). The number of aldehydes is 1. The Balaban J connectivity index is 1.21. The van der Waals surface area contributed by atoms with Crippen molar-refractivity contribution in [3.63, 3.8) is 0 Å². The number of unbranched alkanes of at least 4 members (excludes halogenated alkanes) is 1. The highest BCUT2D eigenvalue weighted by Crippen LogP contribution is 2.40. The summed E-state index contributed by atoms with van der Waals surface area (Å²) in [6.45, 7) is 14.5. The highest BCUT2D eigenvalue weighted by molar-refractivity contribution is 6.09. The number of rotatable bonds is 19. The van der Waals surface area contributed by atoms with Crippen LogP contribution in [0.1, 0.15) is 107 Å². The first-order valence-electron chi connectivity index (χ1n) is 17.3. The normalized spacial score (nSPS) is 11.1. The van der Waals surface area contributed by atoms with Crippen LogP contribution >= 0.6 is 0 Å². The van der Waals surface area contributed by atoms with Crippen molar-refractivity contribution in [2.75, 3.05) is 33.0 Å². The van der Waals surface area contributed by atoms with Gasteiger partial charge in [0.15, 0.2) is 24.5 Å². The number of hydrogen-bond acceptors (Lipinski definition) is 9. The van der Waals surface area contributed by atoms with Gasteiger partial charge in [0.05, 0.1) is 17.9 Å². The molecule has 0 bridgehead atoms. The quantitative estimate of drug-likeness (QED) is 0.0587. The summed E-state index contributed by atoms with van der Waals surface area (Å²) in [5.74, 6) is 0.966. The molecule has 10 heteroatoms. The van der Waals surface area contributed by atoms with Gasteiger partial charge in [-0.2, -0.15) is 0 Å². The second-order valence-corrected chi connectivity index (χ2v) is 12.9. The minimum Gasteiger partial charge on any atom is -0.494 e. The van der Waals surface area contributed by atoms with E-state index in [1.165, 1.54) is 13.8 Å². The van der Waals surface area contributed by atoms with Crippen LogP contribution in [0.15, 0.2) is 53.1 Å². The molecule has 1 amide bonds. The number of benzene rings is 3. The van der Waals surface area contributed by atoms with Crippen LogP contribution in [0.5, 0.6) is 11.5 Å². The van der Waals surface area contributed by atoms with Crippen LogP contribution < -0.4 is 14.8 Å². The molecule has 3 aromatic carbocycles. The minimum absolute atomic E-state index is 0.165. The molecule has 0 saturated heterocycles. The van der Waals surface area contributed by atoms with Crippen molar-refractivity contribution in [3.8, 4) is 33.8 Å². The summed E-state index contributed by atoms with van der Waals surface area (Å²) < 4.78 is 22.8. The van der Waals surface area contributed by atoms with Gasteiger partial charge in [0.1, 0.15) is 17.3 Å². The lowest BCUT2D eigenvalue weighted by atomic mass is 9.84. The Bertz CT molecular complexity index is 1850. The zero-order chi connectivity index (χ0) is 37.1. The van der Waals surface area contributed by atoms with Gasteiger partial charge in [0.2, 0.25) is 0 Å². The zero-order valence-corrected chi connectivity index (χ0v) is 30.6. The molecule has 0 aliphatic rings. The lowest BCUT2D eigenvalue weighted by Crippen LogP contribution is -2.30. The van der Waals surface area contributed by atoms with E-state index in [2.05, 4.69) is 30.4 Å². The molecule has 4 aromatic rings. The third kappa shape index (κ3) is 10.0. The van der Waals surface area contributed by atoms with Crippen LogP contribution in [0.25, 0.3) is 22.3 Å². The average Bonchev–Trinajstić information content (AvgIpc) is 3.44. The van der Waals surface area contributed by atoms with Crippen LogP contribution in [0.2, 0.25) is 0 Å². The van der Waals surface area contributed by atoms with Crippen LogP contribution in [0, 0.1) is 20.8 Å². The van der Waals surface area contributed by atoms with E-state index in [9.17, 15) is 19.2 Å². The summed E-state index contributed by atoms with van der Waals surface area (Å²) in [4.78, 5) is 48.6. The van der Waals surface area contributed by atoms with Gasteiger partial charge in [0.25, 0.3) is 5.91 Å². The summed E-state index contributed by atoms with van der Waals surface area (Å²) >= 11 is 0. The largest absolute Gasteiger partial charge is 0.494 e. The molecule has 1 aromatic heterocycles.